The molecule has 0 amide bonds. The normalized spacial score (nSPS) is 14.6. The Morgan fingerprint density at radius 1 is 1.11 bits per heavy atom. The first-order valence-corrected chi connectivity index (χ1v) is 7.29. The molecule has 0 aromatic heterocycles. The van der Waals surface area contributed by atoms with Crippen molar-refractivity contribution in [1.29, 1.82) is 0 Å². The fourth-order valence-corrected chi connectivity index (χ4v) is 2.49. The molecule has 0 aliphatic heterocycles. The van der Waals surface area contributed by atoms with Crippen LogP contribution >= 0.6 is 0 Å². The van der Waals surface area contributed by atoms with Crippen molar-refractivity contribution in [2.75, 3.05) is 6.54 Å². The van der Waals surface area contributed by atoms with E-state index in [2.05, 4.69) is 19.2 Å². The Morgan fingerprint density at radius 2 is 1.74 bits per heavy atom. The van der Waals surface area contributed by atoms with Crippen molar-refractivity contribution in [2.45, 2.75) is 52.2 Å². The van der Waals surface area contributed by atoms with E-state index in [0.29, 0.717) is 18.0 Å². The van der Waals surface area contributed by atoms with Gasteiger partial charge in [-0.05, 0) is 18.4 Å². The van der Waals surface area contributed by atoms with Gasteiger partial charge in [0.25, 0.3) is 0 Å². The molecule has 1 aromatic rings. The molecule has 2 nitrogen and oxygen atoms in total. The summed E-state index contributed by atoms with van der Waals surface area (Å²) in [5, 5.41) is 13.4. The third-order valence-corrected chi connectivity index (χ3v) is 3.86. The average Bonchev–Trinajstić information content (AvgIpc) is 2.42. The minimum Gasteiger partial charge on any atom is -0.392 e. The molecule has 1 aromatic carbocycles. The van der Waals surface area contributed by atoms with Crippen LogP contribution in [0, 0.1) is 11.7 Å². The highest BCUT2D eigenvalue weighted by molar-refractivity contribution is 5.21. The lowest BCUT2D eigenvalue weighted by molar-refractivity contribution is 0.0979. The highest BCUT2D eigenvalue weighted by Crippen LogP contribution is 2.20. The van der Waals surface area contributed by atoms with Crippen molar-refractivity contribution in [2.24, 2.45) is 5.92 Å². The lowest BCUT2D eigenvalue weighted by Gasteiger charge is -2.24. The number of hydrogen-bond donors (Lipinski definition) is 2. The van der Waals surface area contributed by atoms with Gasteiger partial charge in [-0.15, -0.1) is 0 Å². The van der Waals surface area contributed by atoms with Gasteiger partial charge in [0, 0.05) is 18.2 Å². The van der Waals surface area contributed by atoms with Crippen LogP contribution in [0.1, 0.15) is 51.6 Å². The summed E-state index contributed by atoms with van der Waals surface area (Å²) in [6.45, 7) is 6.71. The molecule has 0 saturated carbocycles. The minimum atomic E-state index is -0.365. The molecule has 0 radical (unpaired) electrons. The molecule has 0 aliphatic rings. The molecule has 0 saturated heterocycles. The fraction of sp³-hybridized carbons (Fsp3) is 0.625. The van der Waals surface area contributed by atoms with Crippen molar-refractivity contribution in [3.8, 4) is 0 Å². The Balaban J connectivity index is 2.61. The lowest BCUT2D eigenvalue weighted by atomic mass is 9.96. The Morgan fingerprint density at radius 3 is 2.26 bits per heavy atom. The third-order valence-electron chi connectivity index (χ3n) is 3.86. The number of aliphatic hydroxyl groups is 1. The summed E-state index contributed by atoms with van der Waals surface area (Å²) in [5.41, 5.74) is 0.682. The highest BCUT2D eigenvalue weighted by Gasteiger charge is 2.18. The Hall–Kier alpha value is -0.930. The molecule has 2 atom stereocenters. The maximum Gasteiger partial charge on any atom is 0.127 e. The second-order valence-corrected chi connectivity index (χ2v) is 5.03. The van der Waals surface area contributed by atoms with E-state index in [9.17, 15) is 9.50 Å². The van der Waals surface area contributed by atoms with E-state index in [4.69, 9.17) is 0 Å². The molecule has 0 bridgehead atoms. The molecule has 108 valence electrons. The van der Waals surface area contributed by atoms with Crippen molar-refractivity contribution in [3.63, 3.8) is 0 Å². The molecule has 0 fully saturated rings. The van der Waals surface area contributed by atoms with Gasteiger partial charge < -0.3 is 10.4 Å². The summed E-state index contributed by atoms with van der Waals surface area (Å²) < 4.78 is 13.7. The quantitative estimate of drug-likeness (QED) is 0.753. The van der Waals surface area contributed by atoms with Gasteiger partial charge in [0.05, 0.1) is 6.10 Å². The monoisotopic (exact) mass is 267 g/mol. The predicted octanol–water partition coefficient (Wildman–Crippen LogP) is 3.66. The van der Waals surface area contributed by atoms with E-state index in [-0.39, 0.29) is 18.0 Å². The summed E-state index contributed by atoms with van der Waals surface area (Å²) >= 11 is 0. The number of hydrogen-bond acceptors (Lipinski definition) is 2. The van der Waals surface area contributed by atoms with Gasteiger partial charge in [-0.25, -0.2) is 4.39 Å². The standard InChI is InChI=1S/C16H26FNO/c1-4-12(5-2)16(19)11-18-15(6-3)13-9-7-8-10-14(13)17/h7-10,12,15-16,18-19H,4-6,11H2,1-3H3. The first kappa shape index (κ1) is 16.1. The number of rotatable bonds is 8. The molecular formula is C16H26FNO. The minimum absolute atomic E-state index is 0.0368. The van der Waals surface area contributed by atoms with Gasteiger partial charge >= 0.3 is 0 Å². The molecule has 1 rings (SSSR count). The second-order valence-electron chi connectivity index (χ2n) is 5.03. The van der Waals surface area contributed by atoms with Gasteiger partial charge in [-0.1, -0.05) is 51.8 Å². The van der Waals surface area contributed by atoms with Crippen LogP contribution in [0.5, 0.6) is 0 Å². The number of benzene rings is 1. The van der Waals surface area contributed by atoms with Gasteiger partial charge in [-0.2, -0.15) is 0 Å². The van der Waals surface area contributed by atoms with Crippen LogP contribution in [0.3, 0.4) is 0 Å². The first-order chi connectivity index (χ1) is 9.13. The Bertz CT molecular complexity index is 366. The van der Waals surface area contributed by atoms with Crippen molar-refractivity contribution < 1.29 is 9.50 Å². The van der Waals surface area contributed by atoms with Gasteiger partial charge in [0.15, 0.2) is 0 Å². The topological polar surface area (TPSA) is 32.3 Å². The maximum absolute atomic E-state index is 13.7. The molecule has 0 spiro atoms. The summed E-state index contributed by atoms with van der Waals surface area (Å²) in [6, 6.07) is 6.80. The largest absolute Gasteiger partial charge is 0.392 e. The number of aliphatic hydroxyl groups excluding tert-OH is 1. The van der Waals surface area contributed by atoms with Crippen molar-refractivity contribution >= 4 is 0 Å². The zero-order valence-electron chi connectivity index (χ0n) is 12.2. The fourth-order valence-electron chi connectivity index (χ4n) is 2.49. The van der Waals surface area contributed by atoms with Crippen LogP contribution in [0.4, 0.5) is 4.39 Å². The number of nitrogens with one attached hydrogen (secondary N) is 1. The summed E-state index contributed by atoms with van der Waals surface area (Å²) in [5.74, 6) is 0.129. The molecule has 3 heteroatoms. The lowest BCUT2D eigenvalue weighted by Crippen LogP contribution is -2.34. The summed E-state index contributed by atoms with van der Waals surface area (Å²) in [6.07, 6.45) is 2.37. The van der Waals surface area contributed by atoms with Crippen LogP contribution in [-0.2, 0) is 0 Å². The van der Waals surface area contributed by atoms with Crippen LogP contribution < -0.4 is 5.32 Å². The SMILES string of the molecule is CCC(NCC(O)C(CC)CC)c1ccccc1F. The van der Waals surface area contributed by atoms with Gasteiger partial charge in [0.1, 0.15) is 5.82 Å². The number of halogens is 1. The molecule has 2 N–H and O–H groups in total. The van der Waals surface area contributed by atoms with Crippen LogP contribution in [-0.4, -0.2) is 17.8 Å². The molecule has 0 heterocycles. The third kappa shape index (κ3) is 4.59. The van der Waals surface area contributed by atoms with Crippen LogP contribution in [0.15, 0.2) is 24.3 Å². The van der Waals surface area contributed by atoms with Crippen LogP contribution in [0.25, 0.3) is 0 Å². The van der Waals surface area contributed by atoms with Crippen molar-refractivity contribution in [3.05, 3.63) is 35.6 Å². The summed E-state index contributed by atoms with van der Waals surface area (Å²) in [4.78, 5) is 0. The second kappa shape index (κ2) is 8.28. The zero-order chi connectivity index (χ0) is 14.3. The molecule has 2 unspecified atom stereocenters. The van der Waals surface area contributed by atoms with E-state index in [1.165, 1.54) is 6.07 Å². The van der Waals surface area contributed by atoms with E-state index < -0.39 is 0 Å². The van der Waals surface area contributed by atoms with E-state index in [1.807, 2.05) is 13.0 Å². The maximum atomic E-state index is 13.7. The van der Waals surface area contributed by atoms with Gasteiger partial charge in [0.2, 0.25) is 0 Å². The first-order valence-electron chi connectivity index (χ1n) is 7.29. The van der Waals surface area contributed by atoms with Crippen LogP contribution in [0.2, 0.25) is 0 Å². The Labute approximate surface area is 116 Å². The zero-order valence-corrected chi connectivity index (χ0v) is 12.2. The Kier molecular flexibility index (Phi) is 7.03. The molecule has 19 heavy (non-hydrogen) atoms. The van der Waals surface area contributed by atoms with E-state index in [0.717, 1.165) is 19.3 Å². The van der Waals surface area contributed by atoms with E-state index in [1.54, 1.807) is 12.1 Å². The molecule has 0 aliphatic carbocycles. The van der Waals surface area contributed by atoms with E-state index >= 15 is 0 Å². The average molecular weight is 267 g/mol. The summed E-state index contributed by atoms with van der Waals surface area (Å²) in [7, 11) is 0. The molecular weight excluding hydrogens is 241 g/mol. The van der Waals surface area contributed by atoms with Crippen molar-refractivity contribution in [1.82, 2.24) is 5.32 Å². The van der Waals surface area contributed by atoms with Gasteiger partial charge in [-0.3, -0.25) is 0 Å². The predicted molar refractivity (Wildman–Crippen MR) is 77.5 cm³/mol. The highest BCUT2D eigenvalue weighted by atomic mass is 19.1. The smallest absolute Gasteiger partial charge is 0.127 e.